The SMILES string of the molecule is CN1C(=O)N(C)C(NC(=O)N/N=C/c2ccccc2)C1NC(=O)N/N=C/c1ccccc1. The Hall–Kier alpha value is -4.41. The average Bonchev–Trinajstić information content (AvgIpc) is 2.99. The van der Waals surface area contributed by atoms with Gasteiger partial charge >= 0.3 is 18.1 Å². The molecule has 1 aliphatic rings. The lowest BCUT2D eigenvalue weighted by atomic mass is 10.2. The van der Waals surface area contributed by atoms with Gasteiger partial charge in [0.15, 0.2) is 0 Å². The fraction of sp³-hybridized carbons (Fsp3) is 0.190. The lowest BCUT2D eigenvalue weighted by Crippen LogP contribution is -2.58. The van der Waals surface area contributed by atoms with E-state index in [4.69, 9.17) is 0 Å². The number of likely N-dealkylation sites (N-methyl/N-ethyl adjacent to an activating group) is 2. The monoisotopic (exact) mass is 436 g/mol. The third-order valence-electron chi connectivity index (χ3n) is 4.65. The second-order valence-electron chi connectivity index (χ2n) is 6.90. The van der Waals surface area contributed by atoms with Crippen LogP contribution in [0.1, 0.15) is 11.1 Å². The molecule has 6 amide bonds. The van der Waals surface area contributed by atoms with E-state index in [-0.39, 0.29) is 6.03 Å². The van der Waals surface area contributed by atoms with E-state index in [0.717, 1.165) is 11.1 Å². The number of carbonyl (C=O) groups excluding carboxylic acids is 3. The van der Waals surface area contributed by atoms with Crippen LogP contribution in [0.15, 0.2) is 70.9 Å². The topological polar surface area (TPSA) is 131 Å². The van der Waals surface area contributed by atoms with Crippen molar-refractivity contribution in [2.45, 2.75) is 12.3 Å². The van der Waals surface area contributed by atoms with Gasteiger partial charge in [0, 0.05) is 14.1 Å². The van der Waals surface area contributed by atoms with Crippen molar-refractivity contribution in [3.05, 3.63) is 71.8 Å². The van der Waals surface area contributed by atoms with Crippen LogP contribution in [0.3, 0.4) is 0 Å². The standard InChI is InChI=1S/C21H24N8O3/c1-28-17(24-19(30)26-22-13-15-9-5-3-6-10-15)18(29(2)21(28)32)25-20(31)27-23-14-16-11-7-4-8-12-16/h3-14,17-18H,1-2H3,(H2,24,26,30)(H2,25,27,31)/b22-13+,23-14+. The smallest absolute Gasteiger partial charge is 0.313 e. The van der Waals surface area contributed by atoms with Gasteiger partial charge in [-0.2, -0.15) is 10.2 Å². The van der Waals surface area contributed by atoms with Crippen molar-refractivity contribution in [1.29, 1.82) is 0 Å². The van der Waals surface area contributed by atoms with Gasteiger partial charge in [0.2, 0.25) is 0 Å². The van der Waals surface area contributed by atoms with Crippen molar-refractivity contribution in [2.75, 3.05) is 14.1 Å². The number of carbonyl (C=O) groups is 3. The van der Waals surface area contributed by atoms with E-state index in [9.17, 15) is 14.4 Å². The summed E-state index contributed by atoms with van der Waals surface area (Å²) in [7, 11) is 3.04. The van der Waals surface area contributed by atoms with E-state index in [1.54, 1.807) is 0 Å². The summed E-state index contributed by atoms with van der Waals surface area (Å²) in [6.45, 7) is 0. The molecule has 1 aliphatic heterocycles. The minimum atomic E-state index is -0.830. The Morgan fingerprint density at radius 1 is 0.750 bits per heavy atom. The van der Waals surface area contributed by atoms with Crippen LogP contribution >= 0.6 is 0 Å². The number of hydrogen-bond donors (Lipinski definition) is 4. The highest BCUT2D eigenvalue weighted by Gasteiger charge is 2.43. The van der Waals surface area contributed by atoms with E-state index < -0.39 is 24.4 Å². The van der Waals surface area contributed by atoms with Gasteiger partial charge < -0.3 is 20.4 Å². The molecule has 0 bridgehead atoms. The van der Waals surface area contributed by atoms with E-state index >= 15 is 0 Å². The lowest BCUT2D eigenvalue weighted by molar-refractivity contribution is 0.194. The summed E-state index contributed by atoms with van der Waals surface area (Å²) in [5, 5.41) is 13.0. The molecular formula is C21H24N8O3. The predicted molar refractivity (Wildman–Crippen MR) is 120 cm³/mol. The minimum Gasteiger partial charge on any atom is -0.313 e. The predicted octanol–water partition coefficient (Wildman–Crippen LogP) is 1.30. The fourth-order valence-corrected chi connectivity index (χ4v) is 3.00. The number of hydrazone groups is 2. The molecule has 0 saturated carbocycles. The maximum Gasteiger partial charge on any atom is 0.336 e. The van der Waals surface area contributed by atoms with Crippen molar-refractivity contribution in [1.82, 2.24) is 31.3 Å². The van der Waals surface area contributed by atoms with E-state index in [1.807, 2.05) is 60.7 Å². The van der Waals surface area contributed by atoms with Crippen molar-refractivity contribution in [2.24, 2.45) is 10.2 Å². The van der Waals surface area contributed by atoms with Gasteiger partial charge in [-0.05, 0) is 11.1 Å². The molecule has 0 aliphatic carbocycles. The molecule has 11 nitrogen and oxygen atoms in total. The van der Waals surface area contributed by atoms with Crippen molar-refractivity contribution < 1.29 is 14.4 Å². The number of nitrogens with one attached hydrogen (secondary N) is 4. The first kappa shape index (κ1) is 22.3. The largest absolute Gasteiger partial charge is 0.336 e. The average molecular weight is 436 g/mol. The second-order valence-corrected chi connectivity index (χ2v) is 6.90. The molecule has 0 spiro atoms. The molecule has 166 valence electrons. The van der Waals surface area contributed by atoms with Crippen LogP contribution in [0.4, 0.5) is 14.4 Å². The van der Waals surface area contributed by atoms with Crippen LogP contribution in [0.25, 0.3) is 0 Å². The Bertz CT molecular complexity index is 917. The zero-order valence-corrected chi connectivity index (χ0v) is 17.6. The van der Waals surface area contributed by atoms with Crippen molar-refractivity contribution in [3.8, 4) is 0 Å². The molecule has 1 heterocycles. The molecule has 3 rings (SSSR count). The summed E-state index contributed by atoms with van der Waals surface area (Å²) < 4.78 is 0. The highest BCUT2D eigenvalue weighted by Crippen LogP contribution is 2.16. The Morgan fingerprint density at radius 3 is 1.50 bits per heavy atom. The Labute approximate surface area is 185 Å². The summed E-state index contributed by atoms with van der Waals surface area (Å²) in [4.78, 5) is 39.5. The first-order valence-corrected chi connectivity index (χ1v) is 9.74. The Balaban J connectivity index is 1.56. The normalized spacial score (nSPS) is 18.2. The maximum absolute atomic E-state index is 12.3. The molecule has 32 heavy (non-hydrogen) atoms. The van der Waals surface area contributed by atoms with Crippen LogP contribution in [-0.4, -0.2) is 66.7 Å². The molecule has 2 aromatic rings. The van der Waals surface area contributed by atoms with Crippen LogP contribution in [-0.2, 0) is 0 Å². The molecule has 2 atom stereocenters. The van der Waals surface area contributed by atoms with Gasteiger partial charge in [-0.1, -0.05) is 60.7 Å². The maximum atomic E-state index is 12.3. The van der Waals surface area contributed by atoms with Crippen LogP contribution in [0.5, 0.6) is 0 Å². The lowest BCUT2D eigenvalue weighted by Gasteiger charge is -2.26. The van der Waals surface area contributed by atoms with E-state index in [0.29, 0.717) is 0 Å². The molecule has 11 heteroatoms. The van der Waals surface area contributed by atoms with Gasteiger partial charge in [0.1, 0.15) is 12.3 Å². The summed E-state index contributed by atoms with van der Waals surface area (Å²) in [6.07, 6.45) is 1.32. The third kappa shape index (κ3) is 5.81. The third-order valence-corrected chi connectivity index (χ3v) is 4.65. The Morgan fingerprint density at radius 2 is 1.12 bits per heavy atom. The summed E-state index contributed by atoms with van der Waals surface area (Å²) in [5.74, 6) is 0. The van der Waals surface area contributed by atoms with Gasteiger partial charge in [-0.15, -0.1) is 0 Å². The number of hydrogen-bond acceptors (Lipinski definition) is 5. The van der Waals surface area contributed by atoms with Gasteiger partial charge in [-0.25, -0.2) is 25.2 Å². The highest BCUT2D eigenvalue weighted by molar-refractivity contribution is 5.84. The first-order chi connectivity index (χ1) is 15.5. The molecule has 1 fully saturated rings. The molecule has 1 saturated heterocycles. The molecule has 2 aromatic carbocycles. The van der Waals surface area contributed by atoms with Gasteiger partial charge in [0.25, 0.3) is 0 Å². The number of amides is 6. The van der Waals surface area contributed by atoms with E-state index in [1.165, 1.54) is 36.3 Å². The van der Waals surface area contributed by atoms with Gasteiger partial charge in [-0.3, -0.25) is 0 Å². The summed E-state index contributed by atoms with van der Waals surface area (Å²) in [6, 6.07) is 16.8. The fourth-order valence-electron chi connectivity index (χ4n) is 3.00. The molecule has 0 aromatic heterocycles. The quantitative estimate of drug-likeness (QED) is 0.402. The molecule has 4 N–H and O–H groups in total. The minimum absolute atomic E-state index is 0.374. The van der Waals surface area contributed by atoms with Crippen LogP contribution < -0.4 is 21.5 Å². The summed E-state index contributed by atoms with van der Waals surface area (Å²) >= 11 is 0. The van der Waals surface area contributed by atoms with E-state index in [2.05, 4.69) is 31.7 Å². The van der Waals surface area contributed by atoms with Gasteiger partial charge in [0.05, 0.1) is 12.4 Å². The second kappa shape index (κ2) is 10.6. The highest BCUT2D eigenvalue weighted by atomic mass is 16.2. The zero-order valence-electron chi connectivity index (χ0n) is 17.6. The van der Waals surface area contributed by atoms with Crippen LogP contribution in [0, 0.1) is 0 Å². The Kier molecular flexibility index (Phi) is 7.36. The number of benzene rings is 2. The van der Waals surface area contributed by atoms with Crippen molar-refractivity contribution >= 4 is 30.5 Å². The number of urea groups is 3. The molecular weight excluding hydrogens is 412 g/mol. The molecule has 0 radical (unpaired) electrons. The zero-order chi connectivity index (χ0) is 22.9. The number of rotatable bonds is 6. The first-order valence-electron chi connectivity index (χ1n) is 9.74. The molecule has 2 unspecified atom stereocenters. The number of nitrogens with zero attached hydrogens (tertiary/aromatic N) is 4. The summed E-state index contributed by atoms with van der Waals surface area (Å²) in [5.41, 5.74) is 6.32. The van der Waals surface area contributed by atoms with Crippen molar-refractivity contribution in [3.63, 3.8) is 0 Å². The van der Waals surface area contributed by atoms with Crippen LogP contribution in [0.2, 0.25) is 0 Å².